The van der Waals surface area contributed by atoms with Gasteiger partial charge in [0, 0.05) is 28.6 Å². The second kappa shape index (κ2) is 11.0. The van der Waals surface area contributed by atoms with Gasteiger partial charge in [0.25, 0.3) is 0 Å². The molecule has 0 aromatic heterocycles. The Morgan fingerprint density at radius 1 is 1.09 bits per heavy atom. The van der Waals surface area contributed by atoms with Crippen molar-refractivity contribution in [1.82, 2.24) is 4.90 Å². The summed E-state index contributed by atoms with van der Waals surface area (Å²) in [6.45, 7) is 3.26. The van der Waals surface area contributed by atoms with Crippen molar-refractivity contribution in [3.05, 3.63) is 76.0 Å². The SMILES string of the molecule is CCOC(=O)CN1C(=O)CC(c2ccc(Cl)cc2)C(C(=O)OCc2ccccc2OC)=C1C. The molecule has 0 bridgehead atoms. The molecule has 3 rings (SSSR count). The molecule has 8 heteroatoms. The van der Waals surface area contributed by atoms with Crippen LogP contribution in [0.2, 0.25) is 5.02 Å². The Balaban J connectivity index is 1.94. The number of methoxy groups -OCH3 is 1. The van der Waals surface area contributed by atoms with Gasteiger partial charge in [-0.3, -0.25) is 9.59 Å². The number of esters is 2. The molecule has 7 nitrogen and oxygen atoms in total. The minimum absolute atomic E-state index is 0.00120. The summed E-state index contributed by atoms with van der Waals surface area (Å²) in [5.74, 6) is -1.32. The zero-order valence-corrected chi connectivity index (χ0v) is 19.6. The van der Waals surface area contributed by atoms with Gasteiger partial charge < -0.3 is 19.1 Å². The summed E-state index contributed by atoms with van der Waals surface area (Å²) < 4.78 is 16.0. The van der Waals surface area contributed by atoms with E-state index in [2.05, 4.69) is 0 Å². The maximum Gasteiger partial charge on any atom is 0.336 e. The van der Waals surface area contributed by atoms with Crippen LogP contribution in [0.3, 0.4) is 0 Å². The van der Waals surface area contributed by atoms with Crippen LogP contribution in [0.25, 0.3) is 0 Å². The Labute approximate surface area is 197 Å². The lowest BCUT2D eigenvalue weighted by atomic mass is 9.83. The van der Waals surface area contributed by atoms with Crippen LogP contribution in [-0.2, 0) is 30.5 Å². The molecule has 0 saturated carbocycles. The second-order valence-corrected chi connectivity index (χ2v) is 7.92. The van der Waals surface area contributed by atoms with E-state index in [4.69, 9.17) is 25.8 Å². The zero-order chi connectivity index (χ0) is 24.0. The van der Waals surface area contributed by atoms with Gasteiger partial charge in [-0.2, -0.15) is 0 Å². The highest BCUT2D eigenvalue weighted by molar-refractivity contribution is 6.30. The fourth-order valence-corrected chi connectivity index (χ4v) is 3.95. The molecule has 1 heterocycles. The van der Waals surface area contributed by atoms with Gasteiger partial charge in [0.05, 0.1) is 19.3 Å². The fourth-order valence-electron chi connectivity index (χ4n) is 3.83. The van der Waals surface area contributed by atoms with Gasteiger partial charge in [-0.25, -0.2) is 4.79 Å². The van der Waals surface area contributed by atoms with Gasteiger partial charge >= 0.3 is 11.9 Å². The number of amides is 1. The van der Waals surface area contributed by atoms with Crippen molar-refractivity contribution in [1.29, 1.82) is 0 Å². The topological polar surface area (TPSA) is 82.1 Å². The molecule has 0 saturated heterocycles. The Bertz CT molecular complexity index is 1060. The van der Waals surface area contributed by atoms with E-state index in [0.717, 1.165) is 5.56 Å². The highest BCUT2D eigenvalue weighted by atomic mass is 35.5. The van der Waals surface area contributed by atoms with Crippen LogP contribution in [0, 0.1) is 0 Å². The molecule has 1 atom stereocenters. The molecule has 1 amide bonds. The number of hydrogen-bond acceptors (Lipinski definition) is 6. The number of carbonyl (C=O) groups is 3. The van der Waals surface area contributed by atoms with E-state index in [1.165, 1.54) is 4.90 Å². The Morgan fingerprint density at radius 2 is 1.79 bits per heavy atom. The van der Waals surface area contributed by atoms with Gasteiger partial charge in [0.1, 0.15) is 18.9 Å². The summed E-state index contributed by atoms with van der Waals surface area (Å²) in [6, 6.07) is 14.2. The van der Waals surface area contributed by atoms with Crippen molar-refractivity contribution in [2.24, 2.45) is 0 Å². The van der Waals surface area contributed by atoms with E-state index in [1.54, 1.807) is 51.3 Å². The van der Waals surface area contributed by atoms with Crippen LogP contribution < -0.4 is 4.74 Å². The standard InChI is InChI=1S/C25H26ClNO6/c1-4-32-23(29)14-27-16(2)24(20(13-22(27)28)17-9-11-19(26)12-10-17)25(30)33-15-18-7-5-6-8-21(18)31-3/h5-12,20H,4,13-15H2,1-3H3. The van der Waals surface area contributed by atoms with E-state index >= 15 is 0 Å². The van der Waals surface area contributed by atoms with Crippen LogP contribution >= 0.6 is 11.6 Å². The Morgan fingerprint density at radius 3 is 2.45 bits per heavy atom. The normalized spacial score (nSPS) is 15.9. The molecule has 2 aromatic rings. The minimum atomic E-state index is -0.570. The van der Waals surface area contributed by atoms with Gasteiger partial charge in [0.2, 0.25) is 5.91 Å². The third-order valence-corrected chi connectivity index (χ3v) is 5.71. The van der Waals surface area contributed by atoms with Crippen molar-refractivity contribution in [2.45, 2.75) is 32.8 Å². The van der Waals surface area contributed by atoms with Crippen molar-refractivity contribution >= 4 is 29.4 Å². The van der Waals surface area contributed by atoms with E-state index in [0.29, 0.717) is 27.6 Å². The third-order valence-electron chi connectivity index (χ3n) is 5.46. The lowest BCUT2D eigenvalue weighted by Crippen LogP contribution is -2.41. The number of carbonyl (C=O) groups excluding carboxylic acids is 3. The molecule has 174 valence electrons. The summed E-state index contributed by atoms with van der Waals surface area (Å²) >= 11 is 6.02. The summed E-state index contributed by atoms with van der Waals surface area (Å²) in [7, 11) is 1.55. The van der Waals surface area contributed by atoms with Crippen molar-refractivity contribution in [2.75, 3.05) is 20.3 Å². The third kappa shape index (κ3) is 5.73. The van der Waals surface area contributed by atoms with Crippen LogP contribution in [0.1, 0.15) is 37.3 Å². The van der Waals surface area contributed by atoms with Crippen LogP contribution in [0.4, 0.5) is 0 Å². The van der Waals surface area contributed by atoms with Crippen molar-refractivity contribution in [3.8, 4) is 5.75 Å². The first kappa shape index (κ1) is 24.3. The van der Waals surface area contributed by atoms with Crippen LogP contribution in [0.15, 0.2) is 59.8 Å². The number of para-hydroxylation sites is 1. The highest BCUT2D eigenvalue weighted by Crippen LogP contribution is 2.37. The molecule has 0 aliphatic carbocycles. The fraction of sp³-hybridized carbons (Fsp3) is 0.320. The minimum Gasteiger partial charge on any atom is -0.496 e. The van der Waals surface area contributed by atoms with E-state index in [9.17, 15) is 14.4 Å². The second-order valence-electron chi connectivity index (χ2n) is 7.48. The van der Waals surface area contributed by atoms with Crippen molar-refractivity contribution < 1.29 is 28.6 Å². The molecule has 2 aromatic carbocycles. The summed E-state index contributed by atoms with van der Waals surface area (Å²) in [5.41, 5.74) is 2.15. The molecule has 0 radical (unpaired) electrons. The lowest BCUT2D eigenvalue weighted by molar-refractivity contribution is -0.149. The van der Waals surface area contributed by atoms with Gasteiger partial charge in [-0.05, 0) is 37.6 Å². The number of allylic oxidation sites excluding steroid dienone is 1. The zero-order valence-electron chi connectivity index (χ0n) is 18.8. The summed E-state index contributed by atoms with van der Waals surface area (Å²) in [5, 5.41) is 0.547. The number of benzene rings is 2. The quantitative estimate of drug-likeness (QED) is 0.535. The predicted molar refractivity (Wildman–Crippen MR) is 123 cm³/mol. The molecule has 0 fully saturated rings. The van der Waals surface area contributed by atoms with E-state index in [-0.39, 0.29) is 32.1 Å². The van der Waals surface area contributed by atoms with E-state index < -0.39 is 17.9 Å². The molecule has 0 spiro atoms. The molecule has 1 aliphatic rings. The molecule has 1 aliphatic heterocycles. The summed E-state index contributed by atoms with van der Waals surface area (Å²) in [6.07, 6.45) is 0.0114. The molecule has 1 unspecified atom stereocenters. The van der Waals surface area contributed by atoms with Gasteiger partial charge in [-0.15, -0.1) is 0 Å². The van der Waals surface area contributed by atoms with Gasteiger partial charge in [0.15, 0.2) is 0 Å². The number of rotatable bonds is 8. The Hall–Kier alpha value is -3.32. The average Bonchev–Trinajstić information content (AvgIpc) is 2.80. The predicted octanol–water partition coefficient (Wildman–Crippen LogP) is 4.25. The first-order valence-electron chi connectivity index (χ1n) is 10.6. The van der Waals surface area contributed by atoms with Crippen molar-refractivity contribution in [3.63, 3.8) is 0 Å². The number of halogens is 1. The monoisotopic (exact) mass is 471 g/mol. The first-order valence-corrected chi connectivity index (χ1v) is 10.9. The molecular formula is C25H26ClNO6. The average molecular weight is 472 g/mol. The lowest BCUT2D eigenvalue weighted by Gasteiger charge is -2.34. The largest absolute Gasteiger partial charge is 0.496 e. The van der Waals surface area contributed by atoms with Crippen LogP contribution in [0.5, 0.6) is 5.75 Å². The van der Waals surface area contributed by atoms with Gasteiger partial charge in [-0.1, -0.05) is 41.9 Å². The summed E-state index contributed by atoms with van der Waals surface area (Å²) in [4.78, 5) is 39.6. The maximum absolute atomic E-state index is 13.3. The number of ether oxygens (including phenoxy) is 3. The highest BCUT2D eigenvalue weighted by Gasteiger charge is 2.37. The Kier molecular flexibility index (Phi) is 8.11. The maximum atomic E-state index is 13.3. The van der Waals surface area contributed by atoms with Crippen LogP contribution in [-0.4, -0.2) is 43.0 Å². The number of hydrogen-bond donors (Lipinski definition) is 0. The smallest absolute Gasteiger partial charge is 0.336 e. The van der Waals surface area contributed by atoms with E-state index in [1.807, 2.05) is 18.2 Å². The first-order chi connectivity index (χ1) is 15.8. The molecule has 33 heavy (non-hydrogen) atoms. The number of nitrogens with zero attached hydrogens (tertiary/aromatic N) is 1. The molecule has 0 N–H and O–H groups in total. The molecular weight excluding hydrogens is 446 g/mol.